The van der Waals surface area contributed by atoms with Crippen molar-refractivity contribution in [2.45, 2.75) is 13.8 Å². The second kappa shape index (κ2) is 8.73. The maximum atomic E-state index is 11.0. The van der Waals surface area contributed by atoms with Gasteiger partial charge in [0.05, 0.1) is 7.11 Å². The topological polar surface area (TPSA) is 89.4 Å². The molecule has 2 aromatic heterocycles. The third kappa shape index (κ3) is 5.72. The van der Waals surface area contributed by atoms with Gasteiger partial charge in [-0.05, 0) is 69.0 Å². The molecule has 0 spiro atoms. The van der Waals surface area contributed by atoms with Gasteiger partial charge in [0.1, 0.15) is 20.6 Å². The van der Waals surface area contributed by atoms with E-state index in [-0.39, 0.29) is 5.69 Å². The fourth-order valence-electron chi connectivity index (χ4n) is 1.35. The predicted molar refractivity (Wildman–Crippen MR) is 91.6 cm³/mol. The van der Waals surface area contributed by atoms with Crippen LogP contribution in [-0.2, 0) is 4.74 Å². The highest BCUT2D eigenvalue weighted by molar-refractivity contribution is 9.10. The molecule has 1 N–H and O–H groups in total. The van der Waals surface area contributed by atoms with Crippen LogP contribution in [0.4, 0.5) is 0 Å². The molecular weight excluding hydrogens is 432 g/mol. The summed E-state index contributed by atoms with van der Waals surface area (Å²) in [6.45, 7) is 3.75. The van der Waals surface area contributed by atoms with E-state index in [9.17, 15) is 9.59 Å². The van der Waals surface area contributed by atoms with E-state index in [1.165, 1.54) is 13.2 Å². The number of carboxylic acids is 1. The number of rotatable bonds is 2. The van der Waals surface area contributed by atoms with Crippen molar-refractivity contribution < 1.29 is 19.4 Å². The number of aromatic nitrogens is 2. The van der Waals surface area contributed by atoms with Gasteiger partial charge in [-0.25, -0.2) is 19.6 Å². The highest BCUT2D eigenvalue weighted by atomic mass is 79.9. The van der Waals surface area contributed by atoms with E-state index in [2.05, 4.69) is 46.6 Å². The van der Waals surface area contributed by atoms with E-state index in [4.69, 9.17) is 5.11 Å². The number of halogens is 2. The molecule has 0 aliphatic heterocycles. The summed E-state index contributed by atoms with van der Waals surface area (Å²) < 4.78 is 5.76. The number of aromatic carboxylic acids is 1. The molecule has 2 heterocycles. The second-order valence-electron chi connectivity index (χ2n) is 4.41. The van der Waals surface area contributed by atoms with Gasteiger partial charge < -0.3 is 9.84 Å². The van der Waals surface area contributed by atoms with Crippen LogP contribution >= 0.6 is 31.9 Å². The molecule has 2 aromatic rings. The number of carboxylic acid groups (broad SMARTS) is 1. The minimum absolute atomic E-state index is 0.0578. The highest BCUT2D eigenvalue weighted by Crippen LogP contribution is 2.13. The second-order valence-corrected chi connectivity index (χ2v) is 5.91. The van der Waals surface area contributed by atoms with Crippen molar-refractivity contribution in [2.75, 3.05) is 7.11 Å². The Kier molecular flexibility index (Phi) is 7.31. The number of hydrogen-bond acceptors (Lipinski definition) is 5. The van der Waals surface area contributed by atoms with Crippen LogP contribution in [0.15, 0.2) is 33.5 Å². The van der Waals surface area contributed by atoms with Crippen molar-refractivity contribution in [2.24, 2.45) is 0 Å². The highest BCUT2D eigenvalue weighted by Gasteiger charge is 2.07. The summed E-state index contributed by atoms with van der Waals surface area (Å²) in [5.41, 5.74) is 2.29. The molecule has 0 aliphatic rings. The van der Waals surface area contributed by atoms with E-state index >= 15 is 0 Å². The molecule has 2 rings (SSSR count). The first kappa shape index (κ1) is 19.2. The van der Waals surface area contributed by atoms with Crippen molar-refractivity contribution in [3.63, 3.8) is 0 Å². The van der Waals surface area contributed by atoms with Crippen LogP contribution in [0, 0.1) is 13.8 Å². The van der Waals surface area contributed by atoms with Crippen molar-refractivity contribution in [1.29, 1.82) is 0 Å². The Morgan fingerprint density at radius 3 is 1.78 bits per heavy atom. The molecule has 0 bridgehead atoms. The quantitative estimate of drug-likeness (QED) is 0.558. The lowest BCUT2D eigenvalue weighted by atomic mass is 10.3. The fraction of sp³-hybridized carbons (Fsp3) is 0.200. The predicted octanol–water partition coefficient (Wildman–Crippen LogP) is 3.79. The zero-order valence-corrected chi connectivity index (χ0v) is 15.8. The molecule has 0 aliphatic carbocycles. The van der Waals surface area contributed by atoms with Crippen LogP contribution in [0.1, 0.15) is 32.1 Å². The average molecular weight is 446 g/mol. The van der Waals surface area contributed by atoms with E-state index in [0.29, 0.717) is 14.9 Å². The summed E-state index contributed by atoms with van der Waals surface area (Å²) in [5.74, 6) is -1.43. The number of carbonyl (C=O) groups excluding carboxylic acids is 1. The van der Waals surface area contributed by atoms with Gasteiger partial charge >= 0.3 is 11.9 Å². The number of hydrogen-bond donors (Lipinski definition) is 1. The molecule has 0 unspecified atom stereocenters. The first-order valence-electron chi connectivity index (χ1n) is 6.34. The van der Waals surface area contributed by atoms with Gasteiger partial charge in [-0.15, -0.1) is 0 Å². The number of esters is 1. The maximum absolute atomic E-state index is 11.0. The Morgan fingerprint density at radius 1 is 0.957 bits per heavy atom. The smallest absolute Gasteiger partial charge is 0.356 e. The summed E-state index contributed by atoms with van der Waals surface area (Å²) in [7, 11) is 1.33. The summed E-state index contributed by atoms with van der Waals surface area (Å²) in [6, 6.07) is 6.62. The molecule has 0 aromatic carbocycles. The molecule has 0 saturated carbocycles. The molecule has 0 fully saturated rings. The Morgan fingerprint density at radius 2 is 1.39 bits per heavy atom. The first-order chi connectivity index (χ1) is 10.8. The number of ether oxygens (including phenoxy) is 1. The minimum atomic E-state index is -1.01. The third-order valence-electron chi connectivity index (χ3n) is 2.68. The number of aryl methyl sites for hydroxylation is 2. The summed E-state index contributed by atoms with van der Waals surface area (Å²) in [5, 5.41) is 8.52. The van der Waals surface area contributed by atoms with Crippen LogP contribution in [0.3, 0.4) is 0 Å². The molecule has 122 valence electrons. The normalized spacial score (nSPS) is 9.61. The molecule has 8 heteroatoms. The van der Waals surface area contributed by atoms with Crippen LogP contribution in [0.5, 0.6) is 0 Å². The Balaban J connectivity index is 0.000000231. The van der Waals surface area contributed by atoms with Crippen molar-refractivity contribution >= 4 is 43.8 Å². The standard InChI is InChI=1S/C8H8BrNO2.C7H6BrNO2/c1-5-3-4-6(8(11)12-2)10-7(5)9;1-4-2-3-5(7(10)11)9-6(4)8/h3-4H,1-2H3;2-3H,1H3,(H,10,11). The molecule has 23 heavy (non-hydrogen) atoms. The third-order valence-corrected chi connectivity index (χ3v) is 4.29. The summed E-state index contributed by atoms with van der Waals surface area (Å²) in [6.07, 6.45) is 0. The molecular formula is C15H14Br2N2O4. The molecule has 0 saturated heterocycles. The largest absolute Gasteiger partial charge is 0.477 e. The van der Waals surface area contributed by atoms with E-state index in [0.717, 1.165) is 11.1 Å². The number of carbonyl (C=O) groups is 2. The van der Waals surface area contributed by atoms with Gasteiger partial charge in [-0.3, -0.25) is 0 Å². The van der Waals surface area contributed by atoms with Gasteiger partial charge in [0, 0.05) is 0 Å². The van der Waals surface area contributed by atoms with Gasteiger partial charge in [0.2, 0.25) is 0 Å². The van der Waals surface area contributed by atoms with Crippen LogP contribution in [0.2, 0.25) is 0 Å². The monoisotopic (exact) mass is 444 g/mol. The van der Waals surface area contributed by atoms with Crippen molar-refractivity contribution in [3.05, 3.63) is 56.0 Å². The lowest BCUT2D eigenvalue weighted by molar-refractivity contribution is 0.0593. The van der Waals surface area contributed by atoms with E-state index in [1.54, 1.807) is 12.1 Å². The van der Waals surface area contributed by atoms with Crippen molar-refractivity contribution in [1.82, 2.24) is 9.97 Å². The number of pyridine rings is 2. The SMILES string of the molecule is COC(=O)c1ccc(C)c(Br)n1.Cc1ccc(C(=O)O)nc1Br. The van der Waals surface area contributed by atoms with Gasteiger partial charge in [-0.2, -0.15) is 0 Å². The minimum Gasteiger partial charge on any atom is -0.477 e. The van der Waals surface area contributed by atoms with Crippen LogP contribution in [-0.4, -0.2) is 34.1 Å². The van der Waals surface area contributed by atoms with E-state index < -0.39 is 11.9 Å². The Labute approximate surface area is 150 Å². The first-order valence-corrected chi connectivity index (χ1v) is 7.92. The Hall–Kier alpha value is -1.80. The van der Waals surface area contributed by atoms with Gasteiger partial charge in [0.25, 0.3) is 0 Å². The summed E-state index contributed by atoms with van der Waals surface area (Å²) >= 11 is 6.36. The van der Waals surface area contributed by atoms with Crippen LogP contribution < -0.4 is 0 Å². The fourth-order valence-corrected chi connectivity index (χ4v) is 1.99. The molecule has 0 atom stereocenters. The van der Waals surface area contributed by atoms with E-state index in [1.807, 2.05) is 19.9 Å². The maximum Gasteiger partial charge on any atom is 0.356 e. The van der Waals surface area contributed by atoms with Gasteiger partial charge in [0.15, 0.2) is 0 Å². The zero-order valence-electron chi connectivity index (χ0n) is 12.6. The lowest BCUT2D eigenvalue weighted by Gasteiger charge is -2.00. The van der Waals surface area contributed by atoms with Crippen LogP contribution in [0.25, 0.3) is 0 Å². The summed E-state index contributed by atoms with van der Waals surface area (Å²) in [4.78, 5) is 29.1. The molecule has 0 radical (unpaired) electrons. The molecule has 6 nitrogen and oxygen atoms in total. The van der Waals surface area contributed by atoms with Crippen molar-refractivity contribution in [3.8, 4) is 0 Å². The average Bonchev–Trinajstić information content (AvgIpc) is 2.52. The zero-order chi connectivity index (χ0) is 17.6. The number of methoxy groups -OCH3 is 1. The lowest BCUT2D eigenvalue weighted by Crippen LogP contribution is -2.04. The van der Waals surface area contributed by atoms with Gasteiger partial charge in [-0.1, -0.05) is 12.1 Å². The number of nitrogens with zero attached hydrogens (tertiary/aromatic N) is 2. The Bertz CT molecular complexity index is 735. The molecule has 0 amide bonds.